The van der Waals surface area contributed by atoms with Gasteiger partial charge in [-0.2, -0.15) is 0 Å². The lowest BCUT2D eigenvalue weighted by atomic mass is 10.1. The van der Waals surface area contributed by atoms with Gasteiger partial charge in [0, 0.05) is 36.6 Å². The van der Waals surface area contributed by atoms with Gasteiger partial charge in [0.1, 0.15) is 0 Å². The normalized spacial score (nSPS) is 10.8. The molecule has 4 nitrogen and oxygen atoms in total. The molecule has 5 heteroatoms. The molecule has 0 radical (unpaired) electrons. The molecule has 0 atom stereocenters. The number of rotatable bonds is 4. The summed E-state index contributed by atoms with van der Waals surface area (Å²) in [6, 6.07) is 15.1. The van der Waals surface area contributed by atoms with Crippen LogP contribution in [0, 0.1) is 0 Å². The maximum Gasteiger partial charge on any atom is 0.256 e. The minimum atomic E-state index is -0.141. The molecule has 0 aliphatic carbocycles. The van der Waals surface area contributed by atoms with Crippen LogP contribution in [-0.2, 0) is 6.54 Å². The maximum absolute atomic E-state index is 13.1. The second-order valence-electron chi connectivity index (χ2n) is 5.90. The van der Waals surface area contributed by atoms with Crippen molar-refractivity contribution in [1.82, 2.24) is 9.47 Å². The lowest BCUT2D eigenvalue weighted by Gasteiger charge is -2.20. The van der Waals surface area contributed by atoms with Gasteiger partial charge < -0.3 is 4.90 Å². The highest BCUT2D eigenvalue weighted by atomic mass is 35.5. The Morgan fingerprint density at radius 2 is 1.84 bits per heavy atom. The Morgan fingerprint density at radius 1 is 1.12 bits per heavy atom. The third kappa shape index (κ3) is 3.44. The van der Waals surface area contributed by atoms with Gasteiger partial charge in [0.25, 0.3) is 5.91 Å². The molecule has 2 aromatic carbocycles. The molecule has 0 saturated heterocycles. The monoisotopic (exact) mass is 354 g/mol. The first-order valence-electron chi connectivity index (χ1n) is 8.16. The van der Waals surface area contributed by atoms with Crippen LogP contribution in [0.25, 0.3) is 10.9 Å². The second kappa shape index (κ2) is 7.11. The molecule has 0 spiro atoms. The number of fused-ring (bicyclic) bond motifs is 1. The van der Waals surface area contributed by atoms with Crippen LogP contribution in [0.15, 0.2) is 54.7 Å². The second-order valence-corrected chi connectivity index (χ2v) is 6.33. The summed E-state index contributed by atoms with van der Waals surface area (Å²) in [5, 5.41) is 1.23. The zero-order valence-electron chi connectivity index (χ0n) is 14.2. The highest BCUT2D eigenvalue weighted by Crippen LogP contribution is 2.26. The quantitative estimate of drug-likeness (QED) is 0.686. The Labute approximate surface area is 151 Å². The standard InChI is InChI=1S/C20H19ClN2O2/c1-3-22(12-15-7-5-4-6-8-15)20(25)18-13-23(14(2)24)19-10-9-16(21)11-17(18)19/h4-11,13H,3,12H2,1-2H3. The van der Waals surface area contributed by atoms with Gasteiger partial charge in [-0.3, -0.25) is 14.2 Å². The third-order valence-corrected chi connectivity index (χ3v) is 4.46. The molecule has 0 unspecified atom stereocenters. The van der Waals surface area contributed by atoms with Crippen LogP contribution in [-0.4, -0.2) is 27.8 Å². The molecule has 25 heavy (non-hydrogen) atoms. The van der Waals surface area contributed by atoms with E-state index in [1.807, 2.05) is 37.3 Å². The number of aromatic nitrogens is 1. The van der Waals surface area contributed by atoms with Crippen molar-refractivity contribution < 1.29 is 9.59 Å². The molecule has 1 heterocycles. The molecular weight excluding hydrogens is 336 g/mol. The molecule has 128 valence electrons. The van der Waals surface area contributed by atoms with E-state index in [0.29, 0.717) is 34.6 Å². The first-order chi connectivity index (χ1) is 12.0. The van der Waals surface area contributed by atoms with E-state index in [-0.39, 0.29) is 11.8 Å². The molecule has 0 fully saturated rings. The Morgan fingerprint density at radius 3 is 2.48 bits per heavy atom. The van der Waals surface area contributed by atoms with Crippen LogP contribution in [0.3, 0.4) is 0 Å². The number of amides is 1. The summed E-state index contributed by atoms with van der Waals surface area (Å²) in [4.78, 5) is 26.8. The zero-order chi connectivity index (χ0) is 18.0. The summed E-state index contributed by atoms with van der Waals surface area (Å²) in [6.45, 7) is 4.51. The smallest absolute Gasteiger partial charge is 0.256 e. The molecule has 1 amide bonds. The average molecular weight is 355 g/mol. The summed E-state index contributed by atoms with van der Waals surface area (Å²) in [6.07, 6.45) is 1.61. The Balaban J connectivity index is 2.03. The van der Waals surface area contributed by atoms with Gasteiger partial charge in [0.2, 0.25) is 5.91 Å². The summed E-state index contributed by atoms with van der Waals surface area (Å²) in [5.74, 6) is -0.254. The highest BCUT2D eigenvalue weighted by molar-refractivity contribution is 6.31. The first kappa shape index (κ1) is 17.2. The SMILES string of the molecule is CCN(Cc1ccccc1)C(=O)c1cn(C(C)=O)c2ccc(Cl)cc12. The molecular formula is C20H19ClN2O2. The fraction of sp³-hybridized carbons (Fsp3) is 0.200. The van der Waals surface area contributed by atoms with Crippen LogP contribution in [0.1, 0.15) is 34.6 Å². The first-order valence-corrected chi connectivity index (χ1v) is 8.53. The summed E-state index contributed by atoms with van der Waals surface area (Å²) in [5.41, 5.74) is 2.24. The predicted molar refractivity (Wildman–Crippen MR) is 100 cm³/mol. The van der Waals surface area contributed by atoms with Gasteiger partial charge in [0.15, 0.2) is 0 Å². The van der Waals surface area contributed by atoms with Crippen molar-refractivity contribution in [2.75, 3.05) is 6.54 Å². The van der Waals surface area contributed by atoms with Crippen molar-refractivity contribution in [3.63, 3.8) is 0 Å². The van der Waals surface area contributed by atoms with Crippen LogP contribution in [0.5, 0.6) is 0 Å². The van der Waals surface area contributed by atoms with Gasteiger partial charge in [-0.25, -0.2) is 0 Å². The molecule has 3 rings (SSSR count). The van der Waals surface area contributed by atoms with Crippen molar-refractivity contribution >= 4 is 34.3 Å². The lowest BCUT2D eigenvalue weighted by Crippen LogP contribution is -2.30. The zero-order valence-corrected chi connectivity index (χ0v) is 15.0. The molecule has 0 aliphatic rings. The van der Waals surface area contributed by atoms with E-state index in [1.54, 1.807) is 29.3 Å². The highest BCUT2D eigenvalue weighted by Gasteiger charge is 2.21. The van der Waals surface area contributed by atoms with E-state index in [4.69, 9.17) is 11.6 Å². The van der Waals surface area contributed by atoms with Crippen LogP contribution < -0.4 is 0 Å². The Kier molecular flexibility index (Phi) is 4.91. The van der Waals surface area contributed by atoms with Crippen molar-refractivity contribution in [1.29, 1.82) is 0 Å². The van der Waals surface area contributed by atoms with E-state index in [0.717, 1.165) is 5.56 Å². The van der Waals surface area contributed by atoms with Crippen LogP contribution >= 0.6 is 11.6 Å². The summed E-state index contributed by atoms with van der Waals surface area (Å²) >= 11 is 6.11. The van der Waals surface area contributed by atoms with Crippen LogP contribution in [0.4, 0.5) is 0 Å². The number of carbonyl (C=O) groups is 2. The minimum absolute atomic E-state index is 0.112. The fourth-order valence-corrected chi connectivity index (χ4v) is 3.11. The molecule has 3 aromatic rings. The number of hydrogen-bond donors (Lipinski definition) is 0. The molecule has 0 aliphatic heterocycles. The fourth-order valence-electron chi connectivity index (χ4n) is 2.93. The van der Waals surface area contributed by atoms with Gasteiger partial charge in [-0.1, -0.05) is 41.9 Å². The molecule has 0 N–H and O–H groups in total. The maximum atomic E-state index is 13.1. The molecule has 0 bridgehead atoms. The topological polar surface area (TPSA) is 42.3 Å². The number of hydrogen-bond acceptors (Lipinski definition) is 2. The van der Waals surface area contributed by atoms with Crippen molar-refractivity contribution in [2.24, 2.45) is 0 Å². The Bertz CT molecular complexity index is 932. The van der Waals surface area contributed by atoms with Crippen molar-refractivity contribution in [3.05, 3.63) is 70.9 Å². The summed E-state index contributed by atoms with van der Waals surface area (Å²) in [7, 11) is 0. The number of carbonyl (C=O) groups excluding carboxylic acids is 2. The lowest BCUT2D eigenvalue weighted by molar-refractivity contribution is 0.0754. The van der Waals surface area contributed by atoms with E-state index >= 15 is 0 Å². The van der Waals surface area contributed by atoms with E-state index in [1.165, 1.54) is 11.5 Å². The van der Waals surface area contributed by atoms with E-state index < -0.39 is 0 Å². The van der Waals surface area contributed by atoms with Crippen LogP contribution in [0.2, 0.25) is 5.02 Å². The van der Waals surface area contributed by atoms with Gasteiger partial charge in [-0.15, -0.1) is 0 Å². The van der Waals surface area contributed by atoms with Gasteiger partial charge >= 0.3 is 0 Å². The van der Waals surface area contributed by atoms with Gasteiger partial charge in [-0.05, 0) is 30.7 Å². The molecule has 1 aromatic heterocycles. The molecule has 0 saturated carbocycles. The Hall–Kier alpha value is -2.59. The largest absolute Gasteiger partial charge is 0.335 e. The minimum Gasteiger partial charge on any atom is -0.335 e. The van der Waals surface area contributed by atoms with E-state index in [9.17, 15) is 9.59 Å². The third-order valence-electron chi connectivity index (χ3n) is 4.22. The number of nitrogens with zero attached hydrogens (tertiary/aromatic N) is 2. The van der Waals surface area contributed by atoms with Gasteiger partial charge in [0.05, 0.1) is 11.1 Å². The van der Waals surface area contributed by atoms with Crippen molar-refractivity contribution in [3.8, 4) is 0 Å². The number of benzene rings is 2. The predicted octanol–water partition coefficient (Wildman–Crippen LogP) is 4.62. The average Bonchev–Trinajstić information content (AvgIpc) is 2.99. The number of halogens is 1. The summed E-state index contributed by atoms with van der Waals surface area (Å²) < 4.78 is 1.50. The van der Waals surface area contributed by atoms with Crippen molar-refractivity contribution in [2.45, 2.75) is 20.4 Å². The van der Waals surface area contributed by atoms with E-state index in [2.05, 4.69) is 0 Å².